The Morgan fingerprint density at radius 1 is 0.941 bits per heavy atom. The van der Waals surface area contributed by atoms with Crippen LogP contribution in [0.2, 0.25) is 0 Å². The lowest BCUT2D eigenvalue weighted by Crippen LogP contribution is -2.51. The zero-order chi connectivity index (χ0) is 12.7. The predicted octanol–water partition coefficient (Wildman–Crippen LogP) is 3.23. The summed E-state index contributed by atoms with van der Waals surface area (Å²) >= 11 is 0. The number of unbranched alkanes of at least 4 members (excludes halogenated alkanes) is 1. The molecule has 17 heavy (non-hydrogen) atoms. The van der Waals surface area contributed by atoms with Crippen molar-refractivity contribution in [2.45, 2.75) is 59.4 Å². The standard InChI is InChI=1S/C15H32N2/c1-5-7-8-14(3)15(4)17-12-10-16(9-6-2)11-13-17/h14-15H,5-13H2,1-4H3. The van der Waals surface area contributed by atoms with Crippen LogP contribution in [-0.2, 0) is 0 Å². The highest BCUT2D eigenvalue weighted by Crippen LogP contribution is 2.18. The molecule has 1 saturated heterocycles. The van der Waals surface area contributed by atoms with Crippen molar-refractivity contribution >= 4 is 0 Å². The molecule has 0 aromatic rings. The van der Waals surface area contributed by atoms with E-state index in [1.54, 1.807) is 0 Å². The maximum atomic E-state index is 2.70. The number of piperazine rings is 1. The van der Waals surface area contributed by atoms with Crippen molar-refractivity contribution in [2.75, 3.05) is 32.7 Å². The Labute approximate surface area is 108 Å². The molecule has 0 aromatic carbocycles. The first-order chi connectivity index (χ1) is 8.19. The van der Waals surface area contributed by atoms with Crippen LogP contribution in [0.15, 0.2) is 0 Å². The topological polar surface area (TPSA) is 6.48 Å². The van der Waals surface area contributed by atoms with Crippen LogP contribution < -0.4 is 0 Å². The molecule has 0 spiro atoms. The van der Waals surface area contributed by atoms with E-state index in [0.29, 0.717) is 0 Å². The zero-order valence-corrected chi connectivity index (χ0v) is 12.4. The first kappa shape index (κ1) is 15.0. The van der Waals surface area contributed by atoms with Gasteiger partial charge in [0.15, 0.2) is 0 Å². The predicted molar refractivity (Wildman–Crippen MR) is 76.5 cm³/mol. The normalized spacial score (nSPS) is 22.6. The molecule has 0 bridgehead atoms. The van der Waals surface area contributed by atoms with E-state index in [9.17, 15) is 0 Å². The molecular formula is C15H32N2. The molecule has 2 heteroatoms. The van der Waals surface area contributed by atoms with Crippen LogP contribution in [0.25, 0.3) is 0 Å². The Morgan fingerprint density at radius 2 is 1.59 bits per heavy atom. The summed E-state index contributed by atoms with van der Waals surface area (Å²) in [5.74, 6) is 0.854. The molecule has 1 aliphatic heterocycles. The van der Waals surface area contributed by atoms with Crippen LogP contribution in [-0.4, -0.2) is 48.6 Å². The summed E-state index contributed by atoms with van der Waals surface area (Å²) < 4.78 is 0. The molecule has 0 saturated carbocycles. The molecule has 1 heterocycles. The number of rotatable bonds is 7. The molecule has 2 nitrogen and oxygen atoms in total. The van der Waals surface area contributed by atoms with Crippen molar-refractivity contribution in [3.8, 4) is 0 Å². The summed E-state index contributed by atoms with van der Waals surface area (Å²) in [6.45, 7) is 15.8. The highest BCUT2D eigenvalue weighted by atomic mass is 15.3. The maximum absolute atomic E-state index is 2.70. The Kier molecular flexibility index (Phi) is 7.14. The molecular weight excluding hydrogens is 208 g/mol. The van der Waals surface area contributed by atoms with Crippen LogP contribution in [0.4, 0.5) is 0 Å². The van der Waals surface area contributed by atoms with Gasteiger partial charge < -0.3 is 4.90 Å². The van der Waals surface area contributed by atoms with Crippen LogP contribution in [0, 0.1) is 5.92 Å². The first-order valence-electron chi connectivity index (χ1n) is 7.65. The lowest BCUT2D eigenvalue weighted by atomic mass is 9.95. The molecule has 2 unspecified atom stereocenters. The van der Waals surface area contributed by atoms with E-state index in [1.807, 2.05) is 0 Å². The molecule has 1 aliphatic rings. The summed E-state index contributed by atoms with van der Waals surface area (Å²) in [5, 5.41) is 0. The lowest BCUT2D eigenvalue weighted by molar-refractivity contribution is 0.0783. The third-order valence-corrected chi connectivity index (χ3v) is 4.36. The fourth-order valence-electron chi connectivity index (χ4n) is 2.84. The molecule has 102 valence electrons. The van der Waals surface area contributed by atoms with Crippen LogP contribution in [0.3, 0.4) is 0 Å². The molecule has 1 rings (SSSR count). The minimum Gasteiger partial charge on any atom is -0.301 e. The second-order valence-electron chi connectivity index (χ2n) is 5.74. The van der Waals surface area contributed by atoms with Gasteiger partial charge in [-0.25, -0.2) is 0 Å². The van der Waals surface area contributed by atoms with Crippen LogP contribution in [0.5, 0.6) is 0 Å². The average molecular weight is 240 g/mol. The third kappa shape index (κ3) is 4.97. The van der Waals surface area contributed by atoms with Gasteiger partial charge in [0.2, 0.25) is 0 Å². The summed E-state index contributed by atoms with van der Waals surface area (Å²) in [5.41, 5.74) is 0. The second kappa shape index (κ2) is 8.10. The molecule has 0 aromatic heterocycles. The molecule has 0 aliphatic carbocycles. The summed E-state index contributed by atoms with van der Waals surface area (Å²) in [6, 6.07) is 0.769. The summed E-state index contributed by atoms with van der Waals surface area (Å²) in [7, 11) is 0. The fraction of sp³-hybridized carbons (Fsp3) is 1.00. The van der Waals surface area contributed by atoms with Crippen molar-refractivity contribution in [1.29, 1.82) is 0 Å². The van der Waals surface area contributed by atoms with Crippen molar-refractivity contribution in [3.05, 3.63) is 0 Å². The zero-order valence-electron chi connectivity index (χ0n) is 12.4. The molecule has 2 atom stereocenters. The Balaban J connectivity index is 2.27. The summed E-state index contributed by atoms with van der Waals surface area (Å²) in [4.78, 5) is 5.31. The molecule has 0 radical (unpaired) electrons. The van der Waals surface area contributed by atoms with Crippen LogP contribution in [0.1, 0.15) is 53.4 Å². The Bertz CT molecular complexity index is 185. The van der Waals surface area contributed by atoms with Gasteiger partial charge in [-0.3, -0.25) is 4.90 Å². The van der Waals surface area contributed by atoms with E-state index in [0.717, 1.165) is 12.0 Å². The number of nitrogens with zero attached hydrogens (tertiary/aromatic N) is 2. The lowest BCUT2D eigenvalue weighted by Gasteiger charge is -2.40. The monoisotopic (exact) mass is 240 g/mol. The average Bonchev–Trinajstić information content (AvgIpc) is 2.36. The largest absolute Gasteiger partial charge is 0.301 e. The third-order valence-electron chi connectivity index (χ3n) is 4.36. The smallest absolute Gasteiger partial charge is 0.0113 e. The van der Waals surface area contributed by atoms with E-state index in [-0.39, 0.29) is 0 Å². The van der Waals surface area contributed by atoms with Gasteiger partial charge in [0.05, 0.1) is 0 Å². The Morgan fingerprint density at radius 3 is 2.12 bits per heavy atom. The Hall–Kier alpha value is -0.0800. The van der Waals surface area contributed by atoms with Gasteiger partial charge in [-0.2, -0.15) is 0 Å². The van der Waals surface area contributed by atoms with E-state index in [4.69, 9.17) is 0 Å². The fourth-order valence-corrected chi connectivity index (χ4v) is 2.84. The first-order valence-corrected chi connectivity index (χ1v) is 7.65. The SMILES string of the molecule is CCCCC(C)C(C)N1CCN(CCC)CC1. The van der Waals surface area contributed by atoms with Gasteiger partial charge in [0, 0.05) is 32.2 Å². The highest BCUT2D eigenvalue weighted by molar-refractivity contribution is 4.79. The summed E-state index contributed by atoms with van der Waals surface area (Å²) in [6.07, 6.45) is 5.41. The van der Waals surface area contributed by atoms with Crippen molar-refractivity contribution in [2.24, 2.45) is 5.92 Å². The van der Waals surface area contributed by atoms with Gasteiger partial charge in [-0.05, 0) is 32.2 Å². The van der Waals surface area contributed by atoms with Crippen molar-refractivity contribution in [3.63, 3.8) is 0 Å². The van der Waals surface area contributed by atoms with E-state index >= 15 is 0 Å². The number of hydrogen-bond acceptors (Lipinski definition) is 2. The number of hydrogen-bond donors (Lipinski definition) is 0. The maximum Gasteiger partial charge on any atom is 0.0113 e. The van der Waals surface area contributed by atoms with Crippen LogP contribution >= 0.6 is 0 Å². The van der Waals surface area contributed by atoms with Crippen molar-refractivity contribution < 1.29 is 0 Å². The highest BCUT2D eigenvalue weighted by Gasteiger charge is 2.23. The van der Waals surface area contributed by atoms with Crippen molar-refractivity contribution in [1.82, 2.24) is 9.80 Å². The molecule has 1 fully saturated rings. The minimum atomic E-state index is 0.769. The van der Waals surface area contributed by atoms with Gasteiger partial charge in [-0.15, -0.1) is 0 Å². The van der Waals surface area contributed by atoms with E-state index in [2.05, 4.69) is 37.5 Å². The van der Waals surface area contributed by atoms with E-state index in [1.165, 1.54) is 58.4 Å². The van der Waals surface area contributed by atoms with Gasteiger partial charge in [0.25, 0.3) is 0 Å². The van der Waals surface area contributed by atoms with Gasteiger partial charge in [0.1, 0.15) is 0 Å². The molecule has 0 amide bonds. The quantitative estimate of drug-likeness (QED) is 0.674. The second-order valence-corrected chi connectivity index (χ2v) is 5.74. The van der Waals surface area contributed by atoms with Gasteiger partial charge in [-0.1, -0.05) is 33.6 Å². The minimum absolute atomic E-state index is 0.769. The molecule has 0 N–H and O–H groups in total. The van der Waals surface area contributed by atoms with Gasteiger partial charge >= 0.3 is 0 Å². The van der Waals surface area contributed by atoms with E-state index < -0.39 is 0 Å².